The normalized spacial score (nSPS) is 12.8. The van der Waals surface area contributed by atoms with E-state index >= 15 is 0 Å². The Morgan fingerprint density at radius 3 is 2.40 bits per heavy atom. The molecule has 2 rings (SSSR count). The number of nitriles is 1. The van der Waals surface area contributed by atoms with Crippen LogP contribution in [0.1, 0.15) is 41.3 Å². The number of hydrogen-bond acceptors (Lipinski definition) is 5. The van der Waals surface area contributed by atoms with Crippen LogP contribution < -0.4 is 10.1 Å². The molecule has 5 heteroatoms. The van der Waals surface area contributed by atoms with E-state index in [9.17, 15) is 4.79 Å². The summed E-state index contributed by atoms with van der Waals surface area (Å²) in [6.45, 7) is 3.98. The highest BCUT2D eigenvalue weighted by Gasteiger charge is 2.25. The maximum absolute atomic E-state index is 12.3. The molecule has 1 N–H and O–H groups in total. The van der Waals surface area contributed by atoms with Crippen LogP contribution in [0.25, 0.3) is 0 Å². The lowest BCUT2D eigenvalue weighted by Crippen LogP contribution is -2.32. The van der Waals surface area contributed by atoms with Crippen molar-refractivity contribution in [3.8, 4) is 11.8 Å². The lowest BCUT2D eigenvalue weighted by molar-refractivity contribution is -0.143. The van der Waals surface area contributed by atoms with Crippen LogP contribution in [0, 0.1) is 18.3 Å². The Hall–Kier alpha value is -2.84. The Morgan fingerprint density at radius 2 is 1.84 bits per heavy atom. The first-order valence-corrected chi connectivity index (χ1v) is 7.98. The molecule has 0 spiro atoms. The fraction of sp³-hybridized carbons (Fsp3) is 0.300. The molecule has 0 aliphatic heterocycles. The third-order valence-electron chi connectivity index (χ3n) is 4.08. The van der Waals surface area contributed by atoms with E-state index in [1.165, 1.54) is 7.11 Å². The molecule has 25 heavy (non-hydrogen) atoms. The number of carbonyl (C=O) groups excluding carboxylic acids is 1. The molecule has 0 unspecified atom stereocenters. The number of carbonyl (C=O) groups is 1. The lowest BCUT2D eigenvalue weighted by atomic mass is 10.0. The van der Waals surface area contributed by atoms with Gasteiger partial charge in [0, 0.05) is 11.6 Å². The van der Waals surface area contributed by atoms with E-state index in [1.807, 2.05) is 32.0 Å². The zero-order valence-corrected chi connectivity index (χ0v) is 14.9. The summed E-state index contributed by atoms with van der Waals surface area (Å²) in [5.74, 6) is 0.372. The number of nitrogens with one attached hydrogen (secondary N) is 1. The molecule has 2 aromatic rings. The number of ether oxygens (including phenoxy) is 2. The van der Waals surface area contributed by atoms with Gasteiger partial charge in [0.05, 0.1) is 25.9 Å². The molecule has 0 aliphatic rings. The van der Waals surface area contributed by atoms with Crippen molar-refractivity contribution in [2.24, 2.45) is 0 Å². The SMILES string of the molecule is COC(=O)[C@H](N[C@@H](C)c1cc(C)ccc1OC)c1ccc(C#N)cc1. The number of rotatable bonds is 6. The maximum Gasteiger partial charge on any atom is 0.327 e. The van der Waals surface area contributed by atoms with Crippen LogP contribution in [0.3, 0.4) is 0 Å². The second-order valence-electron chi connectivity index (χ2n) is 5.82. The molecule has 130 valence electrons. The van der Waals surface area contributed by atoms with Crippen molar-refractivity contribution < 1.29 is 14.3 Å². The van der Waals surface area contributed by atoms with Gasteiger partial charge < -0.3 is 9.47 Å². The van der Waals surface area contributed by atoms with Crippen molar-refractivity contribution in [3.63, 3.8) is 0 Å². The van der Waals surface area contributed by atoms with Gasteiger partial charge in [-0.1, -0.05) is 29.8 Å². The summed E-state index contributed by atoms with van der Waals surface area (Å²) in [5, 5.41) is 12.2. The second kappa shape index (κ2) is 8.32. The highest BCUT2D eigenvalue weighted by Crippen LogP contribution is 2.28. The summed E-state index contributed by atoms with van der Waals surface area (Å²) >= 11 is 0. The van der Waals surface area contributed by atoms with Gasteiger partial charge in [-0.25, -0.2) is 4.79 Å². The van der Waals surface area contributed by atoms with Crippen molar-refractivity contribution >= 4 is 5.97 Å². The topological polar surface area (TPSA) is 71.3 Å². The van der Waals surface area contributed by atoms with E-state index in [1.54, 1.807) is 31.4 Å². The average Bonchev–Trinajstić information content (AvgIpc) is 2.65. The lowest BCUT2D eigenvalue weighted by Gasteiger charge is -2.24. The molecular formula is C20H22N2O3. The van der Waals surface area contributed by atoms with Gasteiger partial charge >= 0.3 is 5.97 Å². The molecule has 0 fully saturated rings. The smallest absolute Gasteiger partial charge is 0.327 e. The third kappa shape index (κ3) is 4.37. The number of aryl methyl sites for hydroxylation is 1. The average molecular weight is 338 g/mol. The zero-order chi connectivity index (χ0) is 18.4. The standard InChI is InChI=1S/C20H22N2O3/c1-13-5-10-18(24-3)17(11-13)14(2)22-19(20(23)25-4)16-8-6-15(12-21)7-9-16/h5-11,14,19,22H,1-4H3/t14-,19+/m0/s1. The van der Waals surface area contributed by atoms with Crippen LogP contribution in [0.4, 0.5) is 0 Å². The molecule has 0 heterocycles. The van der Waals surface area contributed by atoms with Crippen LogP contribution in [-0.2, 0) is 9.53 Å². The summed E-state index contributed by atoms with van der Waals surface area (Å²) in [6.07, 6.45) is 0. The van der Waals surface area contributed by atoms with E-state index < -0.39 is 6.04 Å². The van der Waals surface area contributed by atoms with Crippen LogP contribution in [0.15, 0.2) is 42.5 Å². The van der Waals surface area contributed by atoms with Crippen LogP contribution >= 0.6 is 0 Å². The van der Waals surface area contributed by atoms with E-state index in [-0.39, 0.29) is 12.0 Å². The second-order valence-corrected chi connectivity index (χ2v) is 5.82. The summed E-state index contributed by atoms with van der Waals surface area (Å²) in [4.78, 5) is 12.3. The molecule has 0 aliphatic carbocycles. The molecule has 0 radical (unpaired) electrons. The minimum absolute atomic E-state index is 0.144. The van der Waals surface area contributed by atoms with Crippen LogP contribution in [0.5, 0.6) is 5.75 Å². The van der Waals surface area contributed by atoms with E-state index in [0.717, 1.165) is 22.4 Å². The van der Waals surface area contributed by atoms with Crippen molar-refractivity contribution in [1.82, 2.24) is 5.32 Å². The van der Waals surface area contributed by atoms with Gasteiger partial charge in [-0.05, 0) is 37.6 Å². The molecule has 2 atom stereocenters. The van der Waals surface area contributed by atoms with Crippen LogP contribution in [-0.4, -0.2) is 20.2 Å². The molecule has 0 saturated carbocycles. The van der Waals surface area contributed by atoms with Gasteiger partial charge in [-0.2, -0.15) is 5.26 Å². The Balaban J connectivity index is 2.32. The van der Waals surface area contributed by atoms with Gasteiger partial charge in [-0.3, -0.25) is 5.32 Å². The fourth-order valence-electron chi connectivity index (χ4n) is 2.70. The maximum atomic E-state index is 12.3. The fourth-order valence-corrected chi connectivity index (χ4v) is 2.70. The third-order valence-corrected chi connectivity index (χ3v) is 4.08. The first-order chi connectivity index (χ1) is 12.0. The van der Waals surface area contributed by atoms with Gasteiger partial charge in [0.15, 0.2) is 0 Å². The monoisotopic (exact) mass is 338 g/mol. The highest BCUT2D eigenvalue weighted by atomic mass is 16.5. The van der Waals surface area contributed by atoms with Crippen molar-refractivity contribution in [1.29, 1.82) is 5.26 Å². The number of benzene rings is 2. The first-order valence-electron chi connectivity index (χ1n) is 7.98. The van der Waals surface area contributed by atoms with Crippen molar-refractivity contribution in [2.75, 3.05) is 14.2 Å². The minimum Gasteiger partial charge on any atom is -0.496 e. The number of esters is 1. The predicted octanol–water partition coefficient (Wildman–Crippen LogP) is 3.44. The van der Waals surface area contributed by atoms with Crippen molar-refractivity contribution in [3.05, 3.63) is 64.7 Å². The van der Waals surface area contributed by atoms with Gasteiger partial charge in [0.25, 0.3) is 0 Å². The van der Waals surface area contributed by atoms with Gasteiger partial charge in [0.2, 0.25) is 0 Å². The molecule has 2 aromatic carbocycles. The Morgan fingerprint density at radius 1 is 1.16 bits per heavy atom. The van der Waals surface area contributed by atoms with Gasteiger partial charge in [0.1, 0.15) is 11.8 Å². The van der Waals surface area contributed by atoms with Crippen LogP contribution in [0.2, 0.25) is 0 Å². The largest absolute Gasteiger partial charge is 0.496 e. The molecule has 0 bridgehead atoms. The predicted molar refractivity (Wildman–Crippen MR) is 95.2 cm³/mol. The molecule has 5 nitrogen and oxygen atoms in total. The first kappa shape index (κ1) is 18.5. The van der Waals surface area contributed by atoms with Gasteiger partial charge in [-0.15, -0.1) is 0 Å². The number of hydrogen-bond donors (Lipinski definition) is 1. The molecule has 0 saturated heterocycles. The summed E-state index contributed by atoms with van der Waals surface area (Å²) < 4.78 is 10.4. The van der Waals surface area contributed by atoms with E-state index in [2.05, 4.69) is 11.4 Å². The Kier molecular flexibility index (Phi) is 6.15. The van der Waals surface area contributed by atoms with E-state index in [4.69, 9.17) is 14.7 Å². The van der Waals surface area contributed by atoms with Crippen molar-refractivity contribution in [2.45, 2.75) is 25.9 Å². The number of methoxy groups -OCH3 is 2. The quantitative estimate of drug-likeness (QED) is 0.817. The Bertz CT molecular complexity index is 779. The minimum atomic E-state index is -0.641. The highest BCUT2D eigenvalue weighted by molar-refractivity contribution is 5.77. The molecular weight excluding hydrogens is 316 g/mol. The molecule has 0 aromatic heterocycles. The molecule has 0 amide bonds. The number of nitrogens with zero attached hydrogens (tertiary/aromatic N) is 1. The Labute approximate surface area is 148 Å². The summed E-state index contributed by atoms with van der Waals surface area (Å²) in [6, 6.07) is 14.1. The summed E-state index contributed by atoms with van der Waals surface area (Å²) in [7, 11) is 2.98. The van der Waals surface area contributed by atoms with E-state index in [0.29, 0.717) is 5.56 Å². The summed E-state index contributed by atoms with van der Waals surface area (Å²) in [5.41, 5.74) is 3.35. The zero-order valence-electron chi connectivity index (χ0n) is 14.9.